The van der Waals surface area contributed by atoms with Gasteiger partial charge in [-0.25, -0.2) is 0 Å². The van der Waals surface area contributed by atoms with Crippen molar-refractivity contribution < 1.29 is 4.42 Å². The third-order valence-corrected chi connectivity index (χ3v) is 10.0. The number of para-hydroxylation sites is 3. The maximum Gasteiger partial charge on any atom is 0.145 e. The maximum atomic E-state index is 9.88. The summed E-state index contributed by atoms with van der Waals surface area (Å²) in [6, 6.07) is 53.3. The Morgan fingerprint density at radius 1 is 0.431 bits per heavy atom. The van der Waals surface area contributed by atoms with E-state index >= 15 is 0 Å². The molecule has 0 unspecified atom stereocenters. The molecule has 3 heterocycles. The number of benzene rings is 7. The SMILES string of the molecule is N#Cc1cc(C#N)c(-c2ccc(-n3c4ccccc4c4c5oc6c(ccc7c6c6ccccc6n7-c6ccccc6)c5ccc43)cc2)c(C#N)c1. The predicted molar refractivity (Wildman–Crippen MR) is 202 cm³/mol. The van der Waals surface area contributed by atoms with Gasteiger partial charge in [0.25, 0.3) is 0 Å². The molecule has 0 atom stereocenters. The highest BCUT2D eigenvalue weighted by atomic mass is 16.3. The van der Waals surface area contributed by atoms with Crippen LogP contribution in [-0.4, -0.2) is 9.13 Å². The molecule has 0 aliphatic heterocycles. The van der Waals surface area contributed by atoms with Crippen molar-refractivity contribution in [2.24, 2.45) is 0 Å². The van der Waals surface area contributed by atoms with Crippen LogP contribution in [0.25, 0.3) is 88.1 Å². The van der Waals surface area contributed by atoms with Crippen LogP contribution in [0, 0.1) is 34.0 Å². The number of furan rings is 1. The number of fused-ring (bicyclic) bond motifs is 11. The van der Waals surface area contributed by atoms with Crippen molar-refractivity contribution in [1.29, 1.82) is 15.8 Å². The summed E-state index contributed by atoms with van der Waals surface area (Å²) in [5.41, 5.74) is 10.1. The second-order valence-corrected chi connectivity index (χ2v) is 12.6. The first-order valence-electron chi connectivity index (χ1n) is 16.5. The zero-order valence-electron chi connectivity index (χ0n) is 26.9. The molecule has 0 spiro atoms. The van der Waals surface area contributed by atoms with Crippen LogP contribution < -0.4 is 0 Å². The van der Waals surface area contributed by atoms with Crippen LogP contribution in [0.2, 0.25) is 0 Å². The summed E-state index contributed by atoms with van der Waals surface area (Å²) in [6.45, 7) is 0. The zero-order chi connectivity index (χ0) is 34.2. The Kier molecular flexibility index (Phi) is 5.97. The number of aromatic nitrogens is 2. The monoisotopic (exact) mass is 649 g/mol. The average molecular weight is 650 g/mol. The molecule has 0 N–H and O–H groups in total. The molecule has 10 rings (SSSR count). The first-order chi connectivity index (χ1) is 25.2. The molecule has 0 amide bonds. The zero-order valence-corrected chi connectivity index (χ0v) is 26.9. The minimum atomic E-state index is 0.285. The second-order valence-electron chi connectivity index (χ2n) is 12.6. The summed E-state index contributed by atoms with van der Waals surface area (Å²) in [5, 5.41) is 35.6. The van der Waals surface area contributed by atoms with E-state index in [0.29, 0.717) is 16.7 Å². The quantitative estimate of drug-likeness (QED) is 0.190. The van der Waals surface area contributed by atoms with Crippen molar-refractivity contribution in [2.45, 2.75) is 0 Å². The molecule has 0 aliphatic carbocycles. The van der Waals surface area contributed by atoms with Gasteiger partial charge in [-0.05, 0) is 78.4 Å². The lowest BCUT2D eigenvalue weighted by molar-refractivity contribution is 0.677. The molecular weight excluding hydrogens is 627 g/mol. The lowest BCUT2D eigenvalue weighted by Gasteiger charge is -2.11. The molecule has 6 heteroatoms. The molecule has 0 radical (unpaired) electrons. The van der Waals surface area contributed by atoms with Gasteiger partial charge in [0.15, 0.2) is 0 Å². The van der Waals surface area contributed by atoms with E-state index in [9.17, 15) is 15.8 Å². The predicted octanol–water partition coefficient (Wildman–Crippen LogP) is 11.1. The van der Waals surface area contributed by atoms with Crippen molar-refractivity contribution in [1.82, 2.24) is 9.13 Å². The molecule has 234 valence electrons. The van der Waals surface area contributed by atoms with Gasteiger partial charge >= 0.3 is 0 Å². The van der Waals surface area contributed by atoms with Gasteiger partial charge in [-0.15, -0.1) is 0 Å². The van der Waals surface area contributed by atoms with Crippen molar-refractivity contribution in [3.05, 3.63) is 156 Å². The van der Waals surface area contributed by atoms with Gasteiger partial charge in [0.1, 0.15) is 11.2 Å². The van der Waals surface area contributed by atoms with E-state index < -0.39 is 0 Å². The molecule has 51 heavy (non-hydrogen) atoms. The maximum absolute atomic E-state index is 9.88. The molecule has 0 saturated carbocycles. The summed E-state index contributed by atoms with van der Waals surface area (Å²) in [6.07, 6.45) is 0. The third kappa shape index (κ3) is 3.95. The number of nitrogens with zero attached hydrogens (tertiary/aromatic N) is 5. The molecule has 0 bridgehead atoms. The van der Waals surface area contributed by atoms with Gasteiger partial charge in [0, 0.05) is 38.5 Å². The summed E-state index contributed by atoms with van der Waals surface area (Å²) in [4.78, 5) is 0. The lowest BCUT2D eigenvalue weighted by atomic mass is 9.93. The fourth-order valence-corrected chi connectivity index (χ4v) is 7.90. The van der Waals surface area contributed by atoms with E-state index in [1.54, 1.807) is 0 Å². The Bertz CT molecular complexity index is 3180. The van der Waals surface area contributed by atoms with Crippen LogP contribution in [0.15, 0.2) is 144 Å². The number of hydrogen-bond acceptors (Lipinski definition) is 4. The molecule has 0 saturated heterocycles. The van der Waals surface area contributed by atoms with E-state index in [2.05, 4.69) is 112 Å². The van der Waals surface area contributed by atoms with Gasteiger partial charge in [0.05, 0.1) is 67.7 Å². The third-order valence-electron chi connectivity index (χ3n) is 10.0. The smallest absolute Gasteiger partial charge is 0.145 e. The fraction of sp³-hybridized carbons (Fsp3) is 0. The topological polar surface area (TPSA) is 94.4 Å². The van der Waals surface area contributed by atoms with Crippen molar-refractivity contribution in [2.75, 3.05) is 0 Å². The lowest BCUT2D eigenvalue weighted by Crippen LogP contribution is -1.95. The molecule has 3 aromatic heterocycles. The Morgan fingerprint density at radius 2 is 0.922 bits per heavy atom. The van der Waals surface area contributed by atoms with Crippen molar-refractivity contribution in [3.63, 3.8) is 0 Å². The summed E-state index contributed by atoms with van der Waals surface area (Å²) < 4.78 is 11.6. The van der Waals surface area contributed by atoms with Gasteiger partial charge in [-0.3, -0.25) is 0 Å². The number of rotatable bonds is 3. The number of nitriles is 3. The summed E-state index contributed by atoms with van der Waals surface area (Å²) in [7, 11) is 0. The van der Waals surface area contributed by atoms with E-state index in [1.807, 2.05) is 42.5 Å². The normalized spacial score (nSPS) is 11.5. The van der Waals surface area contributed by atoms with E-state index in [-0.39, 0.29) is 5.56 Å². The molecule has 0 aliphatic rings. The Hall–Kier alpha value is -7.59. The molecule has 10 aromatic rings. The van der Waals surface area contributed by atoms with Gasteiger partial charge in [-0.2, -0.15) is 15.8 Å². The highest BCUT2D eigenvalue weighted by Gasteiger charge is 2.22. The Morgan fingerprint density at radius 3 is 1.43 bits per heavy atom. The Balaban J connectivity index is 1.22. The number of hydrogen-bond donors (Lipinski definition) is 0. The minimum absolute atomic E-state index is 0.285. The van der Waals surface area contributed by atoms with Crippen LogP contribution >= 0.6 is 0 Å². The minimum Gasteiger partial charge on any atom is -0.455 e. The first kappa shape index (κ1) is 28.4. The van der Waals surface area contributed by atoms with Gasteiger partial charge in [0.2, 0.25) is 0 Å². The van der Waals surface area contributed by atoms with Gasteiger partial charge in [-0.1, -0.05) is 66.7 Å². The van der Waals surface area contributed by atoms with Crippen LogP contribution in [0.4, 0.5) is 0 Å². The van der Waals surface area contributed by atoms with E-state index in [0.717, 1.165) is 82.5 Å². The summed E-state index contributed by atoms with van der Waals surface area (Å²) >= 11 is 0. The molecule has 0 fully saturated rings. The largest absolute Gasteiger partial charge is 0.455 e. The van der Waals surface area contributed by atoms with Crippen molar-refractivity contribution >= 4 is 65.6 Å². The molecule has 6 nitrogen and oxygen atoms in total. The van der Waals surface area contributed by atoms with Crippen LogP contribution in [0.3, 0.4) is 0 Å². The van der Waals surface area contributed by atoms with Crippen molar-refractivity contribution in [3.8, 4) is 40.7 Å². The van der Waals surface area contributed by atoms with Gasteiger partial charge < -0.3 is 13.6 Å². The van der Waals surface area contributed by atoms with Crippen LogP contribution in [0.1, 0.15) is 16.7 Å². The van der Waals surface area contributed by atoms with Crippen LogP contribution in [-0.2, 0) is 0 Å². The fourth-order valence-electron chi connectivity index (χ4n) is 7.90. The second kappa shape index (κ2) is 10.7. The van der Waals surface area contributed by atoms with E-state index in [4.69, 9.17) is 4.42 Å². The first-order valence-corrected chi connectivity index (χ1v) is 16.5. The Labute approximate surface area is 291 Å². The van der Waals surface area contributed by atoms with Crippen LogP contribution in [0.5, 0.6) is 0 Å². The standard InChI is InChI=1S/C45H23N5O/c46-24-27-22-29(25-47)41(30(23-27)26-48)28-14-16-32(17-15-28)50-38-13-7-5-11-36(38)43-40(50)21-19-34-33-18-20-39-42(44(33)51-45(34)43)35-10-4-6-12-37(35)49(39)31-8-2-1-3-9-31/h1-23H. The molecule has 7 aromatic carbocycles. The highest BCUT2D eigenvalue weighted by molar-refractivity contribution is 6.29. The summed E-state index contributed by atoms with van der Waals surface area (Å²) in [5.74, 6) is 0. The van der Waals surface area contributed by atoms with E-state index in [1.165, 1.54) is 12.1 Å². The average Bonchev–Trinajstić information content (AvgIpc) is 3.85. The molecular formula is C45H23N5O. The highest BCUT2D eigenvalue weighted by Crippen LogP contribution is 2.44.